The molecule has 4 aliphatic carbocycles. The summed E-state index contributed by atoms with van der Waals surface area (Å²) in [5.74, 6) is 0.0931. The largest absolute Gasteiger partial charge is 0.459 e. The first-order valence-electron chi connectivity index (χ1n) is 9.78. The SMILES string of the molecule is CC(=O)O[C@@H]1C[C@H]2[C@@H]3CCC(=O)[C@@]3(C)CC[C@@H]2[C@@]2(C)CC=CC(=O)[C@]12O. The third-order valence-corrected chi connectivity index (χ3v) is 8.28. The molecule has 0 bridgehead atoms. The van der Waals surface area contributed by atoms with Gasteiger partial charge < -0.3 is 9.84 Å². The molecule has 3 saturated carbocycles. The minimum absolute atomic E-state index is 0.150. The van der Waals surface area contributed by atoms with Crippen LogP contribution in [0.25, 0.3) is 0 Å². The monoisotopic (exact) mass is 360 g/mol. The molecule has 0 aromatic rings. The number of hydrogen-bond acceptors (Lipinski definition) is 5. The number of hydrogen-bond donors (Lipinski definition) is 1. The van der Waals surface area contributed by atoms with Crippen LogP contribution in [0.3, 0.4) is 0 Å². The second-order valence-electron chi connectivity index (χ2n) is 9.28. The molecule has 1 N–H and O–H groups in total. The summed E-state index contributed by atoms with van der Waals surface area (Å²) in [5.41, 5.74) is -2.65. The van der Waals surface area contributed by atoms with E-state index in [1.54, 1.807) is 0 Å². The molecular weight excluding hydrogens is 332 g/mol. The number of fused-ring (bicyclic) bond motifs is 5. The van der Waals surface area contributed by atoms with E-state index < -0.39 is 23.1 Å². The summed E-state index contributed by atoms with van der Waals surface area (Å²) in [4.78, 5) is 37.1. The van der Waals surface area contributed by atoms with E-state index in [0.29, 0.717) is 25.0 Å². The summed E-state index contributed by atoms with van der Waals surface area (Å²) in [6.45, 7) is 5.38. The van der Waals surface area contributed by atoms with Crippen molar-refractivity contribution < 1.29 is 24.2 Å². The Morgan fingerprint density at radius 2 is 1.96 bits per heavy atom. The third kappa shape index (κ3) is 2.04. The fourth-order valence-electron chi connectivity index (χ4n) is 6.87. The first-order valence-corrected chi connectivity index (χ1v) is 9.78. The normalized spacial score (nSPS) is 50.0. The van der Waals surface area contributed by atoms with Gasteiger partial charge in [-0.2, -0.15) is 0 Å². The molecule has 4 rings (SSSR count). The molecule has 0 spiro atoms. The van der Waals surface area contributed by atoms with Gasteiger partial charge in [0.05, 0.1) is 0 Å². The van der Waals surface area contributed by atoms with Crippen LogP contribution in [0.2, 0.25) is 0 Å². The van der Waals surface area contributed by atoms with Crippen LogP contribution in [-0.2, 0) is 19.1 Å². The lowest BCUT2D eigenvalue weighted by Crippen LogP contribution is -2.70. The van der Waals surface area contributed by atoms with Crippen LogP contribution in [0.15, 0.2) is 12.2 Å². The lowest BCUT2D eigenvalue weighted by Gasteiger charge is -2.62. The van der Waals surface area contributed by atoms with Gasteiger partial charge in [0, 0.05) is 24.2 Å². The maximum absolute atomic E-state index is 12.8. The zero-order valence-electron chi connectivity index (χ0n) is 15.8. The van der Waals surface area contributed by atoms with Gasteiger partial charge in [-0.25, -0.2) is 0 Å². The van der Waals surface area contributed by atoms with Crippen molar-refractivity contribution in [2.75, 3.05) is 0 Å². The average molecular weight is 360 g/mol. The fourth-order valence-corrected chi connectivity index (χ4v) is 6.87. The van der Waals surface area contributed by atoms with Crippen molar-refractivity contribution in [3.8, 4) is 0 Å². The Balaban J connectivity index is 1.80. The van der Waals surface area contributed by atoms with E-state index in [1.807, 2.05) is 13.0 Å². The van der Waals surface area contributed by atoms with Crippen LogP contribution in [0.1, 0.15) is 59.3 Å². The van der Waals surface area contributed by atoms with Crippen molar-refractivity contribution in [2.45, 2.75) is 71.0 Å². The number of carbonyl (C=O) groups excluding carboxylic acids is 3. The number of Topliss-reactive ketones (excluding diaryl/α,β-unsaturated/α-hetero) is 1. The molecule has 0 aromatic heterocycles. The summed E-state index contributed by atoms with van der Waals surface area (Å²) in [7, 11) is 0. The molecule has 0 heterocycles. The van der Waals surface area contributed by atoms with Crippen molar-refractivity contribution in [2.24, 2.45) is 28.6 Å². The van der Waals surface area contributed by atoms with Gasteiger partial charge in [0.2, 0.25) is 0 Å². The number of rotatable bonds is 1. The smallest absolute Gasteiger partial charge is 0.303 e. The van der Waals surface area contributed by atoms with E-state index in [2.05, 4.69) is 6.92 Å². The summed E-state index contributed by atoms with van der Waals surface area (Å²) < 4.78 is 5.53. The van der Waals surface area contributed by atoms with Gasteiger partial charge in [0.15, 0.2) is 11.4 Å². The Morgan fingerprint density at radius 3 is 2.65 bits per heavy atom. The molecule has 0 aliphatic heterocycles. The Labute approximate surface area is 154 Å². The van der Waals surface area contributed by atoms with Crippen LogP contribution in [0, 0.1) is 28.6 Å². The van der Waals surface area contributed by atoms with E-state index in [1.165, 1.54) is 13.0 Å². The van der Waals surface area contributed by atoms with Crippen LogP contribution in [0.5, 0.6) is 0 Å². The quantitative estimate of drug-likeness (QED) is 0.727. The summed E-state index contributed by atoms with van der Waals surface area (Å²) >= 11 is 0. The number of aliphatic hydroxyl groups is 1. The average Bonchev–Trinajstić information content (AvgIpc) is 2.86. The molecule has 5 nitrogen and oxygen atoms in total. The zero-order valence-corrected chi connectivity index (χ0v) is 15.8. The number of ketones is 2. The predicted octanol–water partition coefficient (Wildman–Crippen LogP) is 2.60. The maximum atomic E-state index is 12.8. The molecule has 0 saturated heterocycles. The minimum Gasteiger partial charge on any atom is -0.459 e. The highest BCUT2D eigenvalue weighted by Gasteiger charge is 2.69. The molecule has 5 heteroatoms. The standard InChI is InChI=1S/C21H28O5/c1-12(22)26-18-11-13-14-6-7-16(23)19(14,2)10-8-15(13)20(3)9-4-5-17(24)21(18,20)25/h4-5,13-15,18,25H,6-11H2,1-3H3/t13-,14-,15-,18+,19-,20+,21-/m0/s1. The topological polar surface area (TPSA) is 80.7 Å². The van der Waals surface area contributed by atoms with Crippen LogP contribution >= 0.6 is 0 Å². The van der Waals surface area contributed by atoms with Gasteiger partial charge in [-0.3, -0.25) is 14.4 Å². The lowest BCUT2D eigenvalue weighted by molar-refractivity contribution is -0.235. The third-order valence-electron chi connectivity index (χ3n) is 8.28. The van der Waals surface area contributed by atoms with Crippen molar-refractivity contribution in [3.05, 3.63) is 12.2 Å². The van der Waals surface area contributed by atoms with Crippen LogP contribution < -0.4 is 0 Å². The van der Waals surface area contributed by atoms with E-state index in [4.69, 9.17) is 4.74 Å². The molecule has 0 unspecified atom stereocenters. The summed E-state index contributed by atoms with van der Waals surface area (Å²) in [5, 5.41) is 11.6. The van der Waals surface area contributed by atoms with Gasteiger partial charge in [-0.05, 0) is 55.9 Å². The zero-order chi connectivity index (χ0) is 18.9. The number of esters is 1. The molecule has 26 heavy (non-hydrogen) atoms. The van der Waals surface area contributed by atoms with Gasteiger partial charge in [-0.1, -0.05) is 19.9 Å². The molecule has 0 radical (unpaired) electrons. The Morgan fingerprint density at radius 1 is 1.23 bits per heavy atom. The fraction of sp³-hybridized carbons (Fsp3) is 0.762. The molecule has 4 aliphatic rings. The first-order chi connectivity index (χ1) is 12.1. The Kier molecular flexibility index (Phi) is 3.79. The minimum atomic E-state index is -1.68. The number of allylic oxidation sites excluding steroid dienone is 1. The lowest BCUT2D eigenvalue weighted by atomic mass is 9.43. The summed E-state index contributed by atoms with van der Waals surface area (Å²) in [6.07, 6.45) is 6.61. The maximum Gasteiger partial charge on any atom is 0.303 e. The molecular formula is C21H28O5. The first kappa shape index (κ1) is 17.9. The second kappa shape index (κ2) is 5.51. The molecule has 142 valence electrons. The highest BCUT2D eigenvalue weighted by Crippen LogP contribution is 2.65. The van der Waals surface area contributed by atoms with E-state index in [0.717, 1.165) is 19.3 Å². The van der Waals surface area contributed by atoms with Gasteiger partial charge in [0.25, 0.3) is 0 Å². The highest BCUT2D eigenvalue weighted by molar-refractivity contribution is 5.99. The Bertz CT molecular complexity index is 711. The second-order valence-corrected chi connectivity index (χ2v) is 9.28. The molecule has 0 aromatic carbocycles. The van der Waals surface area contributed by atoms with Crippen LogP contribution in [0.4, 0.5) is 0 Å². The van der Waals surface area contributed by atoms with Gasteiger partial charge >= 0.3 is 5.97 Å². The van der Waals surface area contributed by atoms with Crippen molar-refractivity contribution >= 4 is 17.5 Å². The van der Waals surface area contributed by atoms with Gasteiger partial charge in [0.1, 0.15) is 11.9 Å². The van der Waals surface area contributed by atoms with E-state index >= 15 is 0 Å². The van der Waals surface area contributed by atoms with Crippen LogP contribution in [-0.4, -0.2) is 34.3 Å². The highest BCUT2D eigenvalue weighted by atomic mass is 16.6. The van der Waals surface area contributed by atoms with E-state index in [-0.39, 0.29) is 29.0 Å². The molecule has 3 fully saturated rings. The van der Waals surface area contributed by atoms with Crippen molar-refractivity contribution in [1.82, 2.24) is 0 Å². The Hall–Kier alpha value is -1.49. The molecule has 7 atom stereocenters. The van der Waals surface area contributed by atoms with Crippen molar-refractivity contribution in [1.29, 1.82) is 0 Å². The number of carbonyl (C=O) groups is 3. The molecule has 0 amide bonds. The summed E-state index contributed by atoms with van der Waals surface area (Å²) in [6, 6.07) is 0. The number of ether oxygens (including phenoxy) is 1. The predicted molar refractivity (Wildman–Crippen MR) is 94.0 cm³/mol. The van der Waals surface area contributed by atoms with Crippen molar-refractivity contribution in [3.63, 3.8) is 0 Å². The van der Waals surface area contributed by atoms with E-state index in [9.17, 15) is 19.5 Å². The van der Waals surface area contributed by atoms with Gasteiger partial charge in [-0.15, -0.1) is 0 Å².